The van der Waals surface area contributed by atoms with Gasteiger partial charge in [0, 0.05) is 21.5 Å². The van der Waals surface area contributed by atoms with Crippen molar-refractivity contribution in [1.29, 1.82) is 0 Å². The van der Waals surface area contributed by atoms with Crippen molar-refractivity contribution >= 4 is 21.5 Å². The van der Waals surface area contributed by atoms with E-state index in [4.69, 9.17) is 9.47 Å². The summed E-state index contributed by atoms with van der Waals surface area (Å²) in [5, 5.41) is 4.43. The minimum absolute atomic E-state index is 0.531. The number of benzene rings is 5. The average Bonchev–Trinajstić information content (AvgIpc) is 2.95. The lowest BCUT2D eigenvalue weighted by Gasteiger charge is -2.20. The van der Waals surface area contributed by atoms with Crippen molar-refractivity contribution in [2.75, 3.05) is 0 Å². The molecule has 0 aromatic heterocycles. The van der Waals surface area contributed by atoms with E-state index in [2.05, 4.69) is 112 Å². The van der Waals surface area contributed by atoms with Crippen molar-refractivity contribution in [3.8, 4) is 11.5 Å². The first-order valence-corrected chi connectivity index (χ1v) is 13.1. The van der Waals surface area contributed by atoms with E-state index in [1.165, 1.54) is 27.8 Å². The van der Waals surface area contributed by atoms with Crippen molar-refractivity contribution < 1.29 is 9.47 Å². The fraction of sp³-hybridized carbons (Fsp3) is 0.235. The van der Waals surface area contributed by atoms with Gasteiger partial charge in [-0.05, 0) is 47.1 Å². The third-order valence-corrected chi connectivity index (χ3v) is 7.05. The molecule has 0 saturated heterocycles. The molecule has 0 amide bonds. The Morgan fingerprint density at radius 1 is 0.444 bits per heavy atom. The molecule has 2 nitrogen and oxygen atoms in total. The molecule has 0 bridgehead atoms. The molecule has 0 unspecified atom stereocenters. The van der Waals surface area contributed by atoms with Gasteiger partial charge >= 0.3 is 0 Å². The highest BCUT2D eigenvalue weighted by Crippen LogP contribution is 2.44. The normalized spacial score (nSPS) is 11.2. The van der Waals surface area contributed by atoms with Crippen LogP contribution in [-0.2, 0) is 32.5 Å². The molecule has 36 heavy (non-hydrogen) atoms. The highest BCUT2D eigenvalue weighted by molar-refractivity contribution is 6.12. The quantitative estimate of drug-likeness (QED) is 0.199. The first-order chi connectivity index (χ1) is 17.7. The highest BCUT2D eigenvalue weighted by Gasteiger charge is 2.18. The predicted octanol–water partition coefficient (Wildman–Crippen LogP) is 8.84. The maximum Gasteiger partial charge on any atom is 0.136 e. The SMILES string of the molecule is CCc1ccc(COc2c3ccccc3c(OCc3ccc(CC)cc3)c3c(CC)cccc23)cc1. The zero-order chi connectivity index (χ0) is 24.9. The number of fused-ring (bicyclic) bond motifs is 2. The lowest BCUT2D eigenvalue weighted by atomic mass is 9.96. The second kappa shape index (κ2) is 10.9. The molecule has 0 aliphatic carbocycles. The molecule has 0 N–H and O–H groups in total. The second-order valence-electron chi connectivity index (χ2n) is 9.31. The molecule has 182 valence electrons. The van der Waals surface area contributed by atoms with E-state index in [0.29, 0.717) is 13.2 Å². The number of hydrogen-bond donors (Lipinski definition) is 0. The summed E-state index contributed by atoms with van der Waals surface area (Å²) >= 11 is 0. The Kier molecular flexibility index (Phi) is 7.23. The van der Waals surface area contributed by atoms with Gasteiger partial charge < -0.3 is 9.47 Å². The molecule has 0 saturated carbocycles. The van der Waals surface area contributed by atoms with Crippen LogP contribution in [0.4, 0.5) is 0 Å². The van der Waals surface area contributed by atoms with Crippen LogP contribution in [0.1, 0.15) is 48.6 Å². The topological polar surface area (TPSA) is 18.5 Å². The standard InChI is InChI=1S/C34H34O2/c1-4-24-14-18-26(19-15-24)22-35-33-29-11-7-8-12-30(29)34(32-28(6-3)10-9-13-31(32)33)36-23-27-20-16-25(5-2)17-21-27/h7-21H,4-6,22-23H2,1-3H3. The maximum atomic E-state index is 6.62. The summed E-state index contributed by atoms with van der Waals surface area (Å²) in [5.74, 6) is 1.87. The maximum absolute atomic E-state index is 6.62. The molecule has 0 atom stereocenters. The summed E-state index contributed by atoms with van der Waals surface area (Å²) in [6.07, 6.45) is 3.01. The van der Waals surface area contributed by atoms with Crippen LogP contribution in [-0.4, -0.2) is 0 Å². The van der Waals surface area contributed by atoms with Crippen molar-refractivity contribution in [3.05, 3.63) is 119 Å². The van der Waals surface area contributed by atoms with Gasteiger partial charge in [0.25, 0.3) is 0 Å². The highest BCUT2D eigenvalue weighted by atomic mass is 16.5. The van der Waals surface area contributed by atoms with Gasteiger partial charge in [-0.2, -0.15) is 0 Å². The lowest BCUT2D eigenvalue weighted by Crippen LogP contribution is -2.02. The molecule has 5 rings (SSSR count). The van der Waals surface area contributed by atoms with Crippen molar-refractivity contribution in [2.45, 2.75) is 53.2 Å². The van der Waals surface area contributed by atoms with E-state index >= 15 is 0 Å². The van der Waals surface area contributed by atoms with E-state index in [9.17, 15) is 0 Å². The number of rotatable bonds is 9. The molecular formula is C34H34O2. The zero-order valence-corrected chi connectivity index (χ0v) is 21.5. The number of hydrogen-bond acceptors (Lipinski definition) is 2. The first kappa shape index (κ1) is 23.9. The van der Waals surface area contributed by atoms with Crippen molar-refractivity contribution in [3.63, 3.8) is 0 Å². The van der Waals surface area contributed by atoms with Gasteiger partial charge in [0.15, 0.2) is 0 Å². The molecule has 5 aromatic carbocycles. The molecule has 2 heteroatoms. The number of ether oxygens (including phenoxy) is 2. The van der Waals surface area contributed by atoms with Crippen LogP contribution in [0.3, 0.4) is 0 Å². The summed E-state index contributed by atoms with van der Waals surface area (Å²) in [4.78, 5) is 0. The fourth-order valence-electron chi connectivity index (χ4n) is 4.87. The van der Waals surface area contributed by atoms with Crippen LogP contribution < -0.4 is 9.47 Å². The van der Waals surface area contributed by atoms with Gasteiger partial charge in [0.1, 0.15) is 24.7 Å². The smallest absolute Gasteiger partial charge is 0.136 e. The molecule has 0 fully saturated rings. The van der Waals surface area contributed by atoms with Gasteiger partial charge in [-0.15, -0.1) is 0 Å². The first-order valence-electron chi connectivity index (χ1n) is 13.1. The summed E-state index contributed by atoms with van der Waals surface area (Å²) in [5.41, 5.74) is 6.30. The van der Waals surface area contributed by atoms with E-state index in [-0.39, 0.29) is 0 Å². The van der Waals surface area contributed by atoms with Gasteiger partial charge in [-0.3, -0.25) is 0 Å². The van der Waals surface area contributed by atoms with E-state index < -0.39 is 0 Å². The molecule has 0 aliphatic heterocycles. The largest absolute Gasteiger partial charge is 0.488 e. The van der Waals surface area contributed by atoms with E-state index in [1.54, 1.807) is 0 Å². The Bertz CT molecular complexity index is 1460. The van der Waals surface area contributed by atoms with Crippen LogP contribution in [0.5, 0.6) is 11.5 Å². The van der Waals surface area contributed by atoms with E-state index in [0.717, 1.165) is 52.3 Å². The number of aryl methyl sites for hydroxylation is 3. The third kappa shape index (κ3) is 4.81. The molecule has 5 aromatic rings. The summed E-state index contributed by atoms with van der Waals surface area (Å²) < 4.78 is 13.2. The molecular weight excluding hydrogens is 440 g/mol. The average molecular weight is 475 g/mol. The monoisotopic (exact) mass is 474 g/mol. The summed E-state index contributed by atoms with van der Waals surface area (Å²) in [6, 6.07) is 32.4. The van der Waals surface area contributed by atoms with Crippen molar-refractivity contribution in [1.82, 2.24) is 0 Å². The fourth-order valence-corrected chi connectivity index (χ4v) is 4.87. The molecule has 0 radical (unpaired) electrons. The van der Waals surface area contributed by atoms with Gasteiger partial charge in [0.2, 0.25) is 0 Å². The molecule has 0 spiro atoms. The van der Waals surface area contributed by atoms with Crippen LogP contribution in [0.15, 0.2) is 91.0 Å². The zero-order valence-electron chi connectivity index (χ0n) is 21.5. The predicted molar refractivity (Wildman–Crippen MR) is 151 cm³/mol. The van der Waals surface area contributed by atoms with Gasteiger partial charge in [0.05, 0.1) is 0 Å². The minimum Gasteiger partial charge on any atom is -0.488 e. The Balaban J connectivity index is 1.58. The third-order valence-electron chi connectivity index (χ3n) is 7.05. The Morgan fingerprint density at radius 3 is 1.44 bits per heavy atom. The Morgan fingerprint density at radius 2 is 0.917 bits per heavy atom. The molecule has 0 heterocycles. The van der Waals surface area contributed by atoms with Crippen LogP contribution in [0.2, 0.25) is 0 Å². The van der Waals surface area contributed by atoms with Gasteiger partial charge in [-0.25, -0.2) is 0 Å². The minimum atomic E-state index is 0.531. The summed E-state index contributed by atoms with van der Waals surface area (Å²) in [7, 11) is 0. The van der Waals surface area contributed by atoms with Crippen molar-refractivity contribution in [2.24, 2.45) is 0 Å². The van der Waals surface area contributed by atoms with E-state index in [1.807, 2.05) is 0 Å². The van der Waals surface area contributed by atoms with Crippen LogP contribution >= 0.6 is 0 Å². The van der Waals surface area contributed by atoms with Crippen LogP contribution in [0.25, 0.3) is 21.5 Å². The Labute approximate surface area is 214 Å². The van der Waals surface area contributed by atoms with Crippen LogP contribution in [0, 0.1) is 0 Å². The summed E-state index contributed by atoms with van der Waals surface area (Å²) in [6.45, 7) is 7.63. The second-order valence-corrected chi connectivity index (χ2v) is 9.31. The molecule has 0 aliphatic rings. The Hall–Kier alpha value is -3.78. The van der Waals surface area contributed by atoms with Gasteiger partial charge in [-0.1, -0.05) is 112 Å². The lowest BCUT2D eigenvalue weighted by molar-refractivity contribution is 0.308.